The second kappa shape index (κ2) is 5.67. The van der Waals surface area contributed by atoms with Crippen molar-refractivity contribution >= 4 is 17.3 Å². The lowest BCUT2D eigenvalue weighted by Crippen LogP contribution is -2.14. The van der Waals surface area contributed by atoms with Gasteiger partial charge in [-0.05, 0) is 42.8 Å². The summed E-state index contributed by atoms with van der Waals surface area (Å²) in [4.78, 5) is 11.9. The van der Waals surface area contributed by atoms with Gasteiger partial charge in [0.25, 0.3) is 5.91 Å². The Kier molecular flexibility index (Phi) is 4.07. The lowest BCUT2D eigenvalue weighted by atomic mass is 10.1. The molecule has 0 spiro atoms. The van der Waals surface area contributed by atoms with E-state index in [1.165, 1.54) is 25.1 Å². The second-order valence-electron chi connectivity index (χ2n) is 4.72. The molecular formula is C15H12F4N2O. The predicted octanol–water partition coefficient (Wildman–Crippen LogP) is 3.99. The number of alkyl halides is 3. The van der Waals surface area contributed by atoms with Gasteiger partial charge in [-0.2, -0.15) is 13.2 Å². The highest BCUT2D eigenvalue weighted by Crippen LogP contribution is 2.35. The van der Waals surface area contributed by atoms with Crippen molar-refractivity contribution in [3.05, 3.63) is 58.9 Å². The van der Waals surface area contributed by atoms with Gasteiger partial charge in [-0.3, -0.25) is 4.79 Å². The first kappa shape index (κ1) is 15.8. The normalized spacial score (nSPS) is 11.3. The van der Waals surface area contributed by atoms with Gasteiger partial charge in [-0.1, -0.05) is 6.07 Å². The average Bonchev–Trinajstić information content (AvgIpc) is 2.42. The zero-order valence-corrected chi connectivity index (χ0v) is 11.5. The van der Waals surface area contributed by atoms with E-state index in [-0.39, 0.29) is 11.3 Å². The zero-order chi connectivity index (χ0) is 16.5. The van der Waals surface area contributed by atoms with Crippen LogP contribution in [0.1, 0.15) is 21.5 Å². The summed E-state index contributed by atoms with van der Waals surface area (Å²) < 4.78 is 51.6. The Bertz CT molecular complexity index is 726. The summed E-state index contributed by atoms with van der Waals surface area (Å²) in [6, 6.07) is 6.84. The standard InChI is InChI=1S/C15H12F4N2O/c1-8-2-3-9(6-12(8)16)14(22)21-10-4-5-13(20)11(7-10)15(17,18)19/h2-7H,20H2,1H3,(H,21,22). The third kappa shape index (κ3) is 3.36. The van der Waals surface area contributed by atoms with Crippen LogP contribution < -0.4 is 11.1 Å². The minimum absolute atomic E-state index is 0.00786. The number of hydrogen-bond donors (Lipinski definition) is 2. The number of carbonyl (C=O) groups is 1. The van der Waals surface area contributed by atoms with E-state index in [9.17, 15) is 22.4 Å². The van der Waals surface area contributed by atoms with E-state index in [1.54, 1.807) is 0 Å². The molecule has 3 N–H and O–H groups in total. The van der Waals surface area contributed by atoms with Gasteiger partial charge in [0, 0.05) is 16.9 Å². The molecule has 0 fully saturated rings. The monoisotopic (exact) mass is 312 g/mol. The molecule has 0 aromatic heterocycles. The molecule has 2 aromatic carbocycles. The summed E-state index contributed by atoms with van der Waals surface area (Å²) in [5, 5.41) is 2.28. The lowest BCUT2D eigenvalue weighted by molar-refractivity contribution is -0.136. The van der Waals surface area contributed by atoms with Crippen molar-refractivity contribution in [3.8, 4) is 0 Å². The highest BCUT2D eigenvalue weighted by Gasteiger charge is 2.33. The van der Waals surface area contributed by atoms with Gasteiger partial charge in [0.05, 0.1) is 5.56 Å². The summed E-state index contributed by atoms with van der Waals surface area (Å²) in [7, 11) is 0. The number of nitrogen functional groups attached to an aromatic ring is 1. The maximum Gasteiger partial charge on any atom is 0.418 e. The highest BCUT2D eigenvalue weighted by atomic mass is 19.4. The van der Waals surface area contributed by atoms with E-state index in [1.807, 2.05) is 0 Å². The van der Waals surface area contributed by atoms with Crippen LogP contribution >= 0.6 is 0 Å². The summed E-state index contributed by atoms with van der Waals surface area (Å²) in [5.41, 5.74) is 4.09. The molecular weight excluding hydrogens is 300 g/mol. The van der Waals surface area contributed by atoms with Crippen molar-refractivity contribution < 1.29 is 22.4 Å². The smallest absolute Gasteiger partial charge is 0.398 e. The Labute approximate surface area is 123 Å². The van der Waals surface area contributed by atoms with E-state index >= 15 is 0 Å². The third-order valence-corrected chi connectivity index (χ3v) is 3.05. The molecule has 0 saturated carbocycles. The first-order chi connectivity index (χ1) is 10.2. The van der Waals surface area contributed by atoms with Crippen molar-refractivity contribution in [2.24, 2.45) is 0 Å². The lowest BCUT2D eigenvalue weighted by Gasteiger charge is -2.12. The number of carbonyl (C=O) groups excluding carboxylic acids is 1. The van der Waals surface area contributed by atoms with Crippen molar-refractivity contribution in [1.82, 2.24) is 0 Å². The third-order valence-electron chi connectivity index (χ3n) is 3.05. The zero-order valence-electron chi connectivity index (χ0n) is 11.5. The summed E-state index contributed by atoms with van der Waals surface area (Å²) >= 11 is 0. The quantitative estimate of drug-likeness (QED) is 0.651. The molecule has 22 heavy (non-hydrogen) atoms. The minimum Gasteiger partial charge on any atom is -0.398 e. The molecule has 2 rings (SSSR count). The van der Waals surface area contributed by atoms with E-state index in [2.05, 4.69) is 5.32 Å². The van der Waals surface area contributed by atoms with Crippen molar-refractivity contribution in [3.63, 3.8) is 0 Å². The van der Waals surface area contributed by atoms with Crippen LogP contribution in [0.5, 0.6) is 0 Å². The Morgan fingerprint density at radius 1 is 1.14 bits per heavy atom. The molecule has 0 heterocycles. The Morgan fingerprint density at radius 2 is 1.82 bits per heavy atom. The van der Waals surface area contributed by atoms with Crippen molar-refractivity contribution in [2.75, 3.05) is 11.1 Å². The number of nitrogens with two attached hydrogens (primary N) is 1. The first-order valence-corrected chi connectivity index (χ1v) is 6.22. The molecule has 0 saturated heterocycles. The fourth-order valence-corrected chi connectivity index (χ4v) is 1.82. The Hall–Kier alpha value is -2.57. The molecule has 2 aromatic rings. The first-order valence-electron chi connectivity index (χ1n) is 6.22. The number of aryl methyl sites for hydroxylation is 1. The number of benzene rings is 2. The minimum atomic E-state index is -4.62. The molecule has 0 radical (unpaired) electrons. The second-order valence-corrected chi connectivity index (χ2v) is 4.72. The van der Waals surface area contributed by atoms with E-state index in [4.69, 9.17) is 5.73 Å². The van der Waals surface area contributed by atoms with Gasteiger partial charge < -0.3 is 11.1 Å². The molecule has 0 bridgehead atoms. The predicted molar refractivity (Wildman–Crippen MR) is 74.9 cm³/mol. The highest BCUT2D eigenvalue weighted by molar-refractivity contribution is 6.04. The summed E-state index contributed by atoms with van der Waals surface area (Å²) in [5.74, 6) is -1.28. The van der Waals surface area contributed by atoms with Crippen LogP contribution in [0.25, 0.3) is 0 Å². The molecule has 0 atom stereocenters. The largest absolute Gasteiger partial charge is 0.418 e. The number of anilines is 2. The molecule has 0 unspecified atom stereocenters. The van der Waals surface area contributed by atoms with E-state index in [0.29, 0.717) is 5.56 Å². The van der Waals surface area contributed by atoms with Gasteiger partial charge in [0.15, 0.2) is 0 Å². The fourth-order valence-electron chi connectivity index (χ4n) is 1.82. The van der Waals surface area contributed by atoms with Gasteiger partial charge >= 0.3 is 6.18 Å². The SMILES string of the molecule is Cc1ccc(C(=O)Nc2ccc(N)c(C(F)(F)F)c2)cc1F. The van der Waals surface area contributed by atoms with Crippen LogP contribution in [0.2, 0.25) is 0 Å². The molecule has 3 nitrogen and oxygen atoms in total. The molecule has 0 aliphatic carbocycles. The topological polar surface area (TPSA) is 55.1 Å². The van der Waals surface area contributed by atoms with Gasteiger partial charge in [0.2, 0.25) is 0 Å². The maximum absolute atomic E-state index is 13.4. The van der Waals surface area contributed by atoms with Crippen LogP contribution in [0, 0.1) is 12.7 Å². The Balaban J connectivity index is 2.27. The number of halogens is 4. The molecule has 116 valence electrons. The number of amides is 1. The van der Waals surface area contributed by atoms with Crippen LogP contribution in [-0.2, 0) is 6.18 Å². The van der Waals surface area contributed by atoms with Crippen molar-refractivity contribution in [1.29, 1.82) is 0 Å². The average molecular weight is 312 g/mol. The van der Waals surface area contributed by atoms with Crippen molar-refractivity contribution in [2.45, 2.75) is 13.1 Å². The maximum atomic E-state index is 13.4. The van der Waals surface area contributed by atoms with Gasteiger partial charge in [-0.15, -0.1) is 0 Å². The molecule has 0 aliphatic heterocycles. The number of nitrogens with one attached hydrogen (secondary N) is 1. The van der Waals surface area contributed by atoms with Crippen LogP contribution in [-0.4, -0.2) is 5.91 Å². The van der Waals surface area contributed by atoms with Crippen LogP contribution in [0.4, 0.5) is 28.9 Å². The summed E-state index contributed by atoms with van der Waals surface area (Å²) in [6.07, 6.45) is -4.62. The van der Waals surface area contributed by atoms with Gasteiger partial charge in [-0.25, -0.2) is 4.39 Å². The number of rotatable bonds is 2. The molecule has 0 aliphatic rings. The Morgan fingerprint density at radius 3 is 2.41 bits per heavy atom. The van der Waals surface area contributed by atoms with Crippen LogP contribution in [0.3, 0.4) is 0 Å². The summed E-state index contributed by atoms with van der Waals surface area (Å²) in [6.45, 7) is 1.53. The van der Waals surface area contributed by atoms with E-state index < -0.39 is 29.2 Å². The molecule has 1 amide bonds. The number of hydrogen-bond acceptors (Lipinski definition) is 2. The van der Waals surface area contributed by atoms with Gasteiger partial charge in [0.1, 0.15) is 5.82 Å². The van der Waals surface area contributed by atoms with Crippen LogP contribution in [0.15, 0.2) is 36.4 Å². The fraction of sp³-hybridized carbons (Fsp3) is 0.133. The van der Waals surface area contributed by atoms with E-state index in [0.717, 1.165) is 18.2 Å². The molecule has 7 heteroatoms.